The molecule has 0 aliphatic heterocycles. The molecule has 0 bridgehead atoms. The summed E-state index contributed by atoms with van der Waals surface area (Å²) in [5.41, 5.74) is 0. The van der Waals surface area contributed by atoms with Gasteiger partial charge in [-0.25, -0.2) is 5.06 Å². The summed E-state index contributed by atoms with van der Waals surface area (Å²) in [6, 6.07) is 9.60. The van der Waals surface area contributed by atoms with Crippen LogP contribution in [0.3, 0.4) is 0 Å². The molecule has 17 heavy (non-hydrogen) atoms. The molecule has 0 saturated carbocycles. The van der Waals surface area contributed by atoms with E-state index in [1.807, 2.05) is 30.3 Å². The van der Waals surface area contributed by atoms with Crippen LogP contribution in [0.15, 0.2) is 43.0 Å². The maximum absolute atomic E-state index is 11.3. The minimum Gasteiger partial charge on any atom is -0.285 e. The van der Waals surface area contributed by atoms with Gasteiger partial charge in [0.1, 0.15) is 0 Å². The van der Waals surface area contributed by atoms with E-state index in [0.717, 1.165) is 21.0 Å². The number of benzene rings is 1. The van der Waals surface area contributed by atoms with Crippen molar-refractivity contribution < 1.29 is 10.0 Å². The van der Waals surface area contributed by atoms with Crippen molar-refractivity contribution in [1.29, 1.82) is 0 Å². The highest BCUT2D eigenvalue weighted by molar-refractivity contribution is 7.19. The van der Waals surface area contributed by atoms with Gasteiger partial charge in [-0.3, -0.25) is 10.0 Å². The molecule has 0 fully saturated rings. The summed E-state index contributed by atoms with van der Waals surface area (Å²) in [4.78, 5) is 12.3. The van der Waals surface area contributed by atoms with Crippen LogP contribution in [0.25, 0.3) is 10.1 Å². The van der Waals surface area contributed by atoms with E-state index in [1.54, 1.807) is 18.3 Å². The number of fused-ring (bicyclic) bond motifs is 1. The van der Waals surface area contributed by atoms with Crippen molar-refractivity contribution in [2.45, 2.75) is 13.0 Å². The second-order valence-corrected chi connectivity index (χ2v) is 4.86. The first-order chi connectivity index (χ1) is 8.13. The first-order valence-electron chi connectivity index (χ1n) is 5.26. The average molecular weight is 247 g/mol. The van der Waals surface area contributed by atoms with E-state index in [9.17, 15) is 10.0 Å². The first-order valence-corrected chi connectivity index (χ1v) is 6.08. The molecule has 1 heterocycles. The van der Waals surface area contributed by atoms with Crippen LogP contribution in [0, 0.1) is 0 Å². The Balaban J connectivity index is 2.33. The van der Waals surface area contributed by atoms with Gasteiger partial charge in [-0.2, -0.15) is 0 Å². The normalized spacial score (nSPS) is 12.4. The molecule has 0 aliphatic carbocycles. The summed E-state index contributed by atoms with van der Waals surface area (Å²) in [5.74, 6) is -0.491. The Morgan fingerprint density at radius 2 is 2.24 bits per heavy atom. The maximum Gasteiger partial charge on any atom is 0.269 e. The van der Waals surface area contributed by atoms with Crippen molar-refractivity contribution in [1.82, 2.24) is 5.06 Å². The Morgan fingerprint density at radius 3 is 2.88 bits per heavy atom. The lowest BCUT2D eigenvalue weighted by Gasteiger charge is -2.19. The van der Waals surface area contributed by atoms with Crippen molar-refractivity contribution in [2.75, 3.05) is 0 Å². The van der Waals surface area contributed by atoms with Crippen LogP contribution in [-0.4, -0.2) is 16.2 Å². The van der Waals surface area contributed by atoms with Crippen LogP contribution >= 0.6 is 11.3 Å². The monoisotopic (exact) mass is 247 g/mol. The minimum atomic E-state index is -0.491. The molecule has 0 aliphatic rings. The van der Waals surface area contributed by atoms with Crippen LogP contribution in [0.1, 0.15) is 17.8 Å². The van der Waals surface area contributed by atoms with Gasteiger partial charge in [0.2, 0.25) is 0 Å². The van der Waals surface area contributed by atoms with Crippen LogP contribution in [0.2, 0.25) is 0 Å². The molecule has 3 nitrogen and oxygen atoms in total. The van der Waals surface area contributed by atoms with Gasteiger partial charge in [-0.15, -0.1) is 11.3 Å². The van der Waals surface area contributed by atoms with Crippen molar-refractivity contribution in [2.24, 2.45) is 0 Å². The zero-order chi connectivity index (χ0) is 12.4. The summed E-state index contributed by atoms with van der Waals surface area (Å²) in [6.07, 6.45) is 1.10. The third-order valence-corrected chi connectivity index (χ3v) is 3.91. The van der Waals surface area contributed by atoms with E-state index in [0.29, 0.717) is 5.06 Å². The molecule has 0 radical (unpaired) electrons. The summed E-state index contributed by atoms with van der Waals surface area (Å²) in [5, 5.41) is 11.5. The number of carbonyl (C=O) groups is 1. The van der Waals surface area contributed by atoms with Crippen molar-refractivity contribution in [3.63, 3.8) is 0 Å². The highest BCUT2D eigenvalue weighted by atomic mass is 32.1. The first kappa shape index (κ1) is 11.8. The zero-order valence-electron chi connectivity index (χ0n) is 9.46. The Kier molecular flexibility index (Phi) is 3.26. The highest BCUT2D eigenvalue weighted by Crippen LogP contribution is 2.31. The predicted molar refractivity (Wildman–Crippen MR) is 69.1 cm³/mol. The fourth-order valence-corrected chi connectivity index (χ4v) is 2.71. The van der Waals surface area contributed by atoms with Crippen LogP contribution in [0.4, 0.5) is 0 Å². The Hall–Kier alpha value is -1.65. The zero-order valence-corrected chi connectivity index (χ0v) is 10.3. The van der Waals surface area contributed by atoms with E-state index >= 15 is 0 Å². The molecule has 88 valence electrons. The predicted octanol–water partition coefficient (Wildman–Crippen LogP) is 3.37. The summed E-state index contributed by atoms with van der Waals surface area (Å²) < 4.78 is 1.15. The van der Waals surface area contributed by atoms with Gasteiger partial charge >= 0.3 is 0 Å². The number of rotatable bonds is 3. The Bertz CT molecular complexity index is 528. The molecule has 1 aromatic heterocycles. The molecule has 2 aromatic rings. The standard InChI is InChI=1S/C13H13NO2S/c1-3-13(15)14(16)9(2)12-8-10-6-4-5-7-11(10)17-12/h3-9,16H,1H2,2H3. The molecule has 1 amide bonds. The Morgan fingerprint density at radius 1 is 1.53 bits per heavy atom. The lowest BCUT2D eigenvalue weighted by atomic mass is 10.2. The van der Waals surface area contributed by atoms with Crippen molar-refractivity contribution >= 4 is 27.3 Å². The molecule has 0 spiro atoms. The molecule has 4 heteroatoms. The second-order valence-electron chi connectivity index (χ2n) is 3.75. The van der Waals surface area contributed by atoms with E-state index < -0.39 is 5.91 Å². The molecule has 1 N–H and O–H groups in total. The molecule has 2 rings (SSSR count). The molecular formula is C13H13NO2S. The lowest BCUT2D eigenvalue weighted by molar-refractivity contribution is -0.168. The van der Waals surface area contributed by atoms with Gasteiger partial charge < -0.3 is 0 Å². The minimum absolute atomic E-state index is 0.363. The molecule has 0 saturated heterocycles. The second kappa shape index (κ2) is 4.69. The van der Waals surface area contributed by atoms with Gasteiger partial charge in [0.05, 0.1) is 6.04 Å². The van der Waals surface area contributed by atoms with Gasteiger partial charge in [0.25, 0.3) is 5.91 Å². The number of nitrogens with zero attached hydrogens (tertiary/aromatic N) is 1. The van der Waals surface area contributed by atoms with E-state index in [-0.39, 0.29) is 6.04 Å². The molecule has 1 aromatic carbocycles. The number of hydrogen-bond donors (Lipinski definition) is 1. The van der Waals surface area contributed by atoms with E-state index in [1.165, 1.54) is 0 Å². The maximum atomic E-state index is 11.3. The SMILES string of the molecule is C=CC(=O)N(O)C(C)c1cc2ccccc2s1. The van der Waals surface area contributed by atoms with Crippen molar-refractivity contribution in [3.05, 3.63) is 47.9 Å². The third-order valence-electron chi connectivity index (χ3n) is 2.62. The largest absolute Gasteiger partial charge is 0.285 e. The average Bonchev–Trinajstić information content (AvgIpc) is 2.79. The number of carbonyl (C=O) groups excluding carboxylic acids is 1. The van der Waals surface area contributed by atoms with Crippen LogP contribution < -0.4 is 0 Å². The van der Waals surface area contributed by atoms with Gasteiger partial charge in [-0.05, 0) is 30.5 Å². The van der Waals surface area contributed by atoms with E-state index in [2.05, 4.69) is 6.58 Å². The van der Waals surface area contributed by atoms with Gasteiger partial charge in [0.15, 0.2) is 0 Å². The van der Waals surface area contributed by atoms with Gasteiger partial charge in [-0.1, -0.05) is 24.8 Å². The smallest absolute Gasteiger partial charge is 0.269 e. The van der Waals surface area contributed by atoms with Crippen LogP contribution in [-0.2, 0) is 4.79 Å². The lowest BCUT2D eigenvalue weighted by Crippen LogP contribution is -2.27. The Labute approximate surface area is 104 Å². The molecular weight excluding hydrogens is 234 g/mol. The van der Waals surface area contributed by atoms with Crippen LogP contribution in [0.5, 0.6) is 0 Å². The molecule has 1 unspecified atom stereocenters. The number of thiophene rings is 1. The quantitative estimate of drug-likeness (QED) is 0.513. The topological polar surface area (TPSA) is 40.5 Å². The third kappa shape index (κ3) is 2.23. The summed E-state index contributed by atoms with van der Waals surface area (Å²) in [6.45, 7) is 5.14. The highest BCUT2D eigenvalue weighted by Gasteiger charge is 2.19. The summed E-state index contributed by atoms with van der Waals surface area (Å²) >= 11 is 1.57. The fourth-order valence-electron chi connectivity index (χ4n) is 1.61. The fraction of sp³-hybridized carbons (Fsp3) is 0.154. The van der Waals surface area contributed by atoms with Crippen molar-refractivity contribution in [3.8, 4) is 0 Å². The van der Waals surface area contributed by atoms with Gasteiger partial charge in [0, 0.05) is 9.58 Å². The number of hydroxylamine groups is 2. The summed E-state index contributed by atoms with van der Waals surface area (Å²) in [7, 11) is 0. The number of hydrogen-bond acceptors (Lipinski definition) is 3. The number of amides is 1. The molecule has 1 atom stereocenters. The van der Waals surface area contributed by atoms with E-state index in [4.69, 9.17) is 0 Å².